The first kappa shape index (κ1) is 24.6. The lowest BCUT2D eigenvalue weighted by Crippen LogP contribution is -2.19. The Hall–Kier alpha value is -3.49. The van der Waals surface area contributed by atoms with E-state index >= 15 is 0 Å². The maximum absolute atomic E-state index is 14.3. The standard InChI is InChI=1S/C27H19BrF2N2O2S/c28-19-11-14-24(23(30)15-19)32-27(34)25(17-5-2-1-3-6-17)35-22-8-4-7-21(16-22)31-26(33)18-9-12-20(29)13-10-18/h1-16,25H,(H,31,33)(H,32,34). The fourth-order valence-corrected chi connectivity index (χ4v) is 4.69. The van der Waals surface area contributed by atoms with Crippen LogP contribution in [0, 0.1) is 11.6 Å². The summed E-state index contributed by atoms with van der Waals surface area (Å²) in [5.74, 6) is -1.73. The van der Waals surface area contributed by atoms with Gasteiger partial charge in [0.2, 0.25) is 5.91 Å². The predicted octanol–water partition coefficient (Wildman–Crippen LogP) is 7.45. The zero-order valence-corrected chi connectivity index (χ0v) is 20.6. The smallest absolute Gasteiger partial charge is 0.255 e. The lowest BCUT2D eigenvalue weighted by atomic mass is 10.1. The number of hydrogen-bond acceptors (Lipinski definition) is 3. The number of rotatable bonds is 7. The van der Waals surface area contributed by atoms with Gasteiger partial charge in [0.25, 0.3) is 5.91 Å². The maximum atomic E-state index is 14.3. The van der Waals surface area contributed by atoms with Gasteiger partial charge in [-0.3, -0.25) is 9.59 Å². The number of hydrogen-bond donors (Lipinski definition) is 2. The molecule has 176 valence electrons. The molecule has 35 heavy (non-hydrogen) atoms. The number of amides is 2. The van der Waals surface area contributed by atoms with Gasteiger partial charge in [0.05, 0.1) is 5.69 Å². The third-order valence-corrected chi connectivity index (χ3v) is 6.72. The average molecular weight is 553 g/mol. The number of anilines is 2. The van der Waals surface area contributed by atoms with Crippen LogP contribution in [0.4, 0.5) is 20.2 Å². The Balaban J connectivity index is 1.55. The molecule has 0 fully saturated rings. The summed E-state index contributed by atoms with van der Waals surface area (Å²) in [4.78, 5) is 26.4. The van der Waals surface area contributed by atoms with Gasteiger partial charge >= 0.3 is 0 Å². The molecule has 0 radical (unpaired) electrons. The number of benzene rings is 4. The second kappa shape index (κ2) is 11.3. The summed E-state index contributed by atoms with van der Waals surface area (Å²) in [6.45, 7) is 0. The first-order valence-corrected chi connectivity index (χ1v) is 12.2. The van der Waals surface area contributed by atoms with Crippen molar-refractivity contribution in [2.24, 2.45) is 0 Å². The maximum Gasteiger partial charge on any atom is 0.255 e. The quantitative estimate of drug-likeness (QED) is 0.234. The fourth-order valence-electron chi connectivity index (χ4n) is 3.28. The summed E-state index contributed by atoms with van der Waals surface area (Å²) < 4.78 is 28.0. The molecule has 0 heterocycles. The van der Waals surface area contributed by atoms with Crippen LogP contribution in [0.1, 0.15) is 21.2 Å². The van der Waals surface area contributed by atoms with Gasteiger partial charge in [0, 0.05) is 20.6 Å². The Kier molecular flexibility index (Phi) is 7.94. The van der Waals surface area contributed by atoms with Crippen LogP contribution in [-0.2, 0) is 4.79 Å². The minimum atomic E-state index is -0.678. The minimum Gasteiger partial charge on any atom is -0.322 e. The van der Waals surface area contributed by atoms with Gasteiger partial charge in [0.1, 0.15) is 16.9 Å². The molecule has 0 bridgehead atoms. The SMILES string of the molecule is O=C(Nc1cccc(SC(C(=O)Nc2ccc(Br)cc2F)c2ccccc2)c1)c1ccc(F)cc1. The van der Waals surface area contributed by atoms with Crippen molar-refractivity contribution in [1.29, 1.82) is 0 Å². The first-order chi connectivity index (χ1) is 16.9. The van der Waals surface area contributed by atoms with Gasteiger partial charge in [0.15, 0.2) is 0 Å². The Morgan fingerprint density at radius 3 is 2.26 bits per heavy atom. The molecule has 0 spiro atoms. The van der Waals surface area contributed by atoms with Crippen LogP contribution in [0.2, 0.25) is 0 Å². The Morgan fingerprint density at radius 2 is 1.54 bits per heavy atom. The van der Waals surface area contributed by atoms with Gasteiger partial charge in [-0.05, 0) is 66.2 Å². The molecule has 2 N–H and O–H groups in total. The summed E-state index contributed by atoms with van der Waals surface area (Å²) in [5, 5.41) is 4.78. The van der Waals surface area contributed by atoms with Crippen LogP contribution in [0.3, 0.4) is 0 Å². The van der Waals surface area contributed by atoms with Crippen molar-refractivity contribution in [2.75, 3.05) is 10.6 Å². The minimum absolute atomic E-state index is 0.0834. The molecule has 2 amide bonds. The van der Waals surface area contributed by atoms with E-state index in [-0.39, 0.29) is 17.5 Å². The highest BCUT2D eigenvalue weighted by molar-refractivity contribution is 9.10. The predicted molar refractivity (Wildman–Crippen MR) is 139 cm³/mol. The molecule has 0 saturated heterocycles. The third kappa shape index (κ3) is 6.55. The topological polar surface area (TPSA) is 58.2 Å². The summed E-state index contributed by atoms with van der Waals surface area (Å²) in [7, 11) is 0. The Morgan fingerprint density at radius 1 is 0.800 bits per heavy atom. The summed E-state index contributed by atoms with van der Waals surface area (Å²) in [6, 6.07) is 25.9. The summed E-state index contributed by atoms with van der Waals surface area (Å²) in [5.41, 5.74) is 1.67. The molecule has 0 aromatic heterocycles. The molecule has 1 unspecified atom stereocenters. The van der Waals surface area contributed by atoms with Gasteiger partial charge in [-0.15, -0.1) is 11.8 Å². The van der Waals surface area contributed by atoms with Crippen molar-refractivity contribution in [3.8, 4) is 0 Å². The van der Waals surface area contributed by atoms with Crippen LogP contribution in [-0.4, -0.2) is 11.8 Å². The molecule has 4 nitrogen and oxygen atoms in total. The molecular weight excluding hydrogens is 534 g/mol. The highest BCUT2D eigenvalue weighted by atomic mass is 79.9. The van der Waals surface area contributed by atoms with E-state index < -0.39 is 16.9 Å². The zero-order valence-electron chi connectivity index (χ0n) is 18.2. The molecule has 0 saturated carbocycles. The lowest BCUT2D eigenvalue weighted by Gasteiger charge is -2.18. The van der Waals surface area contributed by atoms with Crippen LogP contribution in [0.15, 0.2) is 106 Å². The lowest BCUT2D eigenvalue weighted by molar-refractivity contribution is -0.115. The summed E-state index contributed by atoms with van der Waals surface area (Å²) in [6.07, 6.45) is 0. The highest BCUT2D eigenvalue weighted by Crippen LogP contribution is 2.37. The third-order valence-electron chi connectivity index (χ3n) is 4.98. The molecule has 4 aromatic carbocycles. The van der Waals surface area contributed by atoms with Crippen molar-refractivity contribution in [3.63, 3.8) is 0 Å². The largest absolute Gasteiger partial charge is 0.322 e. The molecule has 0 aliphatic rings. The normalized spacial score (nSPS) is 11.5. The van der Waals surface area contributed by atoms with E-state index in [0.29, 0.717) is 15.7 Å². The van der Waals surface area contributed by atoms with Crippen molar-refractivity contribution < 1.29 is 18.4 Å². The highest BCUT2D eigenvalue weighted by Gasteiger charge is 2.23. The van der Waals surface area contributed by atoms with E-state index in [1.807, 2.05) is 36.4 Å². The molecule has 4 rings (SSSR count). The van der Waals surface area contributed by atoms with Crippen molar-refractivity contribution in [3.05, 3.63) is 124 Å². The van der Waals surface area contributed by atoms with Crippen LogP contribution in [0.25, 0.3) is 0 Å². The van der Waals surface area contributed by atoms with Gasteiger partial charge < -0.3 is 10.6 Å². The summed E-state index contributed by atoms with van der Waals surface area (Å²) >= 11 is 4.48. The molecular formula is C27H19BrF2N2O2S. The van der Waals surface area contributed by atoms with E-state index in [9.17, 15) is 18.4 Å². The van der Waals surface area contributed by atoms with E-state index in [0.717, 1.165) is 10.5 Å². The van der Waals surface area contributed by atoms with E-state index in [1.165, 1.54) is 48.2 Å². The Labute approximate surface area is 213 Å². The average Bonchev–Trinajstić information content (AvgIpc) is 2.85. The van der Waals surface area contributed by atoms with Gasteiger partial charge in [-0.25, -0.2) is 8.78 Å². The van der Waals surface area contributed by atoms with Crippen LogP contribution < -0.4 is 10.6 Å². The number of thioether (sulfide) groups is 1. The first-order valence-electron chi connectivity index (χ1n) is 10.5. The van der Waals surface area contributed by atoms with Crippen molar-refractivity contribution in [1.82, 2.24) is 0 Å². The molecule has 1 atom stereocenters. The van der Waals surface area contributed by atoms with E-state index in [1.54, 1.807) is 24.3 Å². The van der Waals surface area contributed by atoms with Gasteiger partial charge in [-0.2, -0.15) is 0 Å². The van der Waals surface area contributed by atoms with Crippen molar-refractivity contribution >= 4 is 50.9 Å². The molecule has 4 aromatic rings. The second-order valence-corrected chi connectivity index (χ2v) is 9.61. The van der Waals surface area contributed by atoms with E-state index in [2.05, 4.69) is 26.6 Å². The number of carbonyl (C=O) groups is 2. The number of carbonyl (C=O) groups excluding carboxylic acids is 2. The number of halogens is 3. The Bertz CT molecular complexity index is 1350. The number of nitrogens with one attached hydrogen (secondary N) is 2. The monoisotopic (exact) mass is 552 g/mol. The molecule has 0 aliphatic heterocycles. The van der Waals surface area contributed by atoms with Crippen LogP contribution >= 0.6 is 27.7 Å². The molecule has 0 aliphatic carbocycles. The van der Waals surface area contributed by atoms with E-state index in [4.69, 9.17) is 0 Å². The fraction of sp³-hybridized carbons (Fsp3) is 0.0370. The zero-order chi connectivity index (χ0) is 24.8. The molecule has 8 heteroatoms. The van der Waals surface area contributed by atoms with Gasteiger partial charge in [-0.1, -0.05) is 52.3 Å². The second-order valence-electron chi connectivity index (χ2n) is 7.51. The van der Waals surface area contributed by atoms with Crippen LogP contribution in [0.5, 0.6) is 0 Å². The van der Waals surface area contributed by atoms with Crippen molar-refractivity contribution in [2.45, 2.75) is 10.1 Å².